The summed E-state index contributed by atoms with van der Waals surface area (Å²) in [4.78, 5) is 40.4. The lowest BCUT2D eigenvalue weighted by Gasteiger charge is -2.36. The lowest BCUT2D eigenvalue weighted by Crippen LogP contribution is -2.56. The number of nitrogens with zero attached hydrogens (tertiary/aromatic N) is 4. The molecule has 1 saturated carbocycles. The largest absolute Gasteiger partial charge is 0.501 e. The van der Waals surface area contributed by atoms with E-state index in [0.29, 0.717) is 36.8 Å². The number of rotatable bonds is 8. The van der Waals surface area contributed by atoms with Crippen LogP contribution in [0, 0.1) is 12.8 Å². The Balaban J connectivity index is 1.49. The van der Waals surface area contributed by atoms with Crippen LogP contribution in [0.1, 0.15) is 31.2 Å². The van der Waals surface area contributed by atoms with Gasteiger partial charge in [0.05, 0.1) is 5.69 Å². The number of urea groups is 1. The second-order valence-electron chi connectivity index (χ2n) is 9.64. The second-order valence-corrected chi connectivity index (χ2v) is 11.5. The van der Waals surface area contributed by atoms with Crippen LogP contribution in [0.2, 0.25) is 0 Å². The molecule has 3 heterocycles. The first kappa shape index (κ1) is 22.7. The third-order valence-electron chi connectivity index (χ3n) is 6.59. The summed E-state index contributed by atoms with van der Waals surface area (Å²) in [6.07, 6.45) is 6.73. The molecule has 0 aromatic carbocycles. The van der Waals surface area contributed by atoms with E-state index in [2.05, 4.69) is 9.88 Å². The number of amides is 4. The molecule has 1 atom stereocenters. The van der Waals surface area contributed by atoms with Crippen LogP contribution in [0.5, 0.6) is 0 Å². The molecular formula is C22H26N5O6S+. The Bertz CT molecular complexity index is 1270. The number of aromatic nitrogens is 1. The first-order valence-corrected chi connectivity index (χ1v) is 12.7. The molecule has 1 aromatic rings. The van der Waals surface area contributed by atoms with Crippen molar-refractivity contribution in [2.75, 3.05) is 19.6 Å². The van der Waals surface area contributed by atoms with Gasteiger partial charge in [0.15, 0.2) is 12.3 Å². The van der Waals surface area contributed by atoms with Crippen LogP contribution in [0.15, 0.2) is 34.4 Å². The molecule has 1 saturated heterocycles. The SMILES string of the molecule is Cc1cc(CN2C(=O)C3=CC(S(=O)(=O)NC4(C)CC4)C=CC3=[N+](CC3CN(C=O)C3)C2=O)on1. The van der Waals surface area contributed by atoms with Crippen LogP contribution in [0.4, 0.5) is 4.79 Å². The molecule has 1 unspecified atom stereocenters. The smallest absolute Gasteiger partial charge is 0.357 e. The number of imide groups is 1. The zero-order chi connectivity index (χ0) is 24.3. The predicted molar refractivity (Wildman–Crippen MR) is 119 cm³/mol. The molecule has 2 aliphatic heterocycles. The van der Waals surface area contributed by atoms with Crippen molar-refractivity contribution in [3.63, 3.8) is 0 Å². The van der Waals surface area contributed by atoms with E-state index >= 15 is 0 Å². The third kappa shape index (κ3) is 4.11. The van der Waals surface area contributed by atoms with Crippen LogP contribution < -0.4 is 4.72 Å². The fourth-order valence-corrected chi connectivity index (χ4v) is 6.03. The fourth-order valence-electron chi connectivity index (χ4n) is 4.40. The Morgan fingerprint density at radius 2 is 2.06 bits per heavy atom. The number of nitrogens with one attached hydrogen (secondary N) is 1. The highest BCUT2D eigenvalue weighted by atomic mass is 32.2. The quantitative estimate of drug-likeness (QED) is 0.412. The van der Waals surface area contributed by atoms with Gasteiger partial charge in [0, 0.05) is 30.6 Å². The van der Waals surface area contributed by atoms with Gasteiger partial charge in [0.2, 0.25) is 16.4 Å². The van der Waals surface area contributed by atoms with E-state index in [4.69, 9.17) is 4.52 Å². The van der Waals surface area contributed by atoms with Crippen molar-refractivity contribution in [2.24, 2.45) is 5.92 Å². The van der Waals surface area contributed by atoms with Crippen LogP contribution >= 0.6 is 0 Å². The van der Waals surface area contributed by atoms with Gasteiger partial charge in [-0.2, -0.15) is 9.37 Å². The molecule has 0 spiro atoms. The molecule has 1 N–H and O–H groups in total. The number of carbonyl (C=O) groups is 3. The fraction of sp³-hybridized carbons (Fsp3) is 0.500. The van der Waals surface area contributed by atoms with Gasteiger partial charge in [0.1, 0.15) is 23.1 Å². The summed E-state index contributed by atoms with van der Waals surface area (Å²) in [5.41, 5.74) is 0.693. The van der Waals surface area contributed by atoms with E-state index in [0.717, 1.165) is 24.2 Å². The first-order chi connectivity index (χ1) is 16.1. The van der Waals surface area contributed by atoms with Gasteiger partial charge < -0.3 is 9.42 Å². The molecule has 0 radical (unpaired) electrons. The Morgan fingerprint density at radius 1 is 1.32 bits per heavy atom. The predicted octanol–water partition coefficient (Wildman–Crippen LogP) is 0.324. The minimum atomic E-state index is -3.76. The molecule has 2 fully saturated rings. The highest BCUT2D eigenvalue weighted by Gasteiger charge is 2.49. The minimum Gasteiger partial charge on any atom is -0.357 e. The number of hydrogen-bond donors (Lipinski definition) is 1. The van der Waals surface area contributed by atoms with Gasteiger partial charge in [0.25, 0.3) is 0 Å². The second kappa shape index (κ2) is 7.98. The van der Waals surface area contributed by atoms with Gasteiger partial charge in [-0.3, -0.25) is 4.79 Å². The summed E-state index contributed by atoms with van der Waals surface area (Å²) < 4.78 is 35.3. The van der Waals surface area contributed by atoms with Crippen LogP contribution in [-0.4, -0.2) is 82.4 Å². The zero-order valence-corrected chi connectivity index (χ0v) is 19.7. The van der Waals surface area contributed by atoms with Crippen molar-refractivity contribution in [3.05, 3.63) is 41.3 Å². The molecular weight excluding hydrogens is 462 g/mol. The molecule has 2 aliphatic carbocycles. The number of aryl methyl sites for hydroxylation is 1. The third-order valence-corrected chi connectivity index (χ3v) is 8.38. The maximum Gasteiger partial charge on any atom is 0.501 e. The lowest BCUT2D eigenvalue weighted by atomic mass is 9.96. The average molecular weight is 489 g/mol. The van der Waals surface area contributed by atoms with Crippen molar-refractivity contribution in [3.8, 4) is 0 Å². The lowest BCUT2D eigenvalue weighted by molar-refractivity contribution is -0.448. The monoisotopic (exact) mass is 488 g/mol. The van der Waals surface area contributed by atoms with Gasteiger partial charge in [-0.05, 0) is 38.8 Å². The normalized spacial score (nSPS) is 24.2. The Labute approximate surface area is 196 Å². The standard InChI is InChI=1S/C22H26N5O6S/c1-14-7-16(33-23-14)12-27-20(29)18-8-17(34(31,32)24-22(2)5-6-22)3-4-19(18)26(21(27)30)11-15-9-25(10-15)13-28/h3-4,7-8,13,15,17,24H,5-6,9-12H2,1-2H3/q+1. The molecule has 0 bridgehead atoms. The van der Waals surface area contributed by atoms with Crippen molar-refractivity contribution in [1.29, 1.82) is 0 Å². The number of hydrogen-bond acceptors (Lipinski definition) is 7. The molecule has 1 aromatic heterocycles. The first-order valence-electron chi connectivity index (χ1n) is 11.1. The van der Waals surface area contributed by atoms with Crippen molar-refractivity contribution in [2.45, 2.75) is 44.0 Å². The molecule has 12 heteroatoms. The number of carbonyl (C=O) groups excluding carboxylic acids is 3. The van der Waals surface area contributed by atoms with Gasteiger partial charge in [-0.25, -0.2) is 17.9 Å². The van der Waals surface area contributed by atoms with E-state index in [9.17, 15) is 22.8 Å². The van der Waals surface area contributed by atoms with Crippen molar-refractivity contribution < 1.29 is 31.9 Å². The molecule has 4 amide bonds. The summed E-state index contributed by atoms with van der Waals surface area (Å²) >= 11 is 0. The maximum atomic E-state index is 13.4. The Hall–Kier alpha value is -3.12. The Morgan fingerprint density at radius 3 is 2.68 bits per heavy atom. The van der Waals surface area contributed by atoms with Gasteiger partial charge in [-0.15, -0.1) is 4.90 Å². The minimum absolute atomic E-state index is 0.0526. The van der Waals surface area contributed by atoms with Gasteiger partial charge >= 0.3 is 11.9 Å². The van der Waals surface area contributed by atoms with Crippen molar-refractivity contribution >= 4 is 34.1 Å². The van der Waals surface area contributed by atoms with E-state index in [1.165, 1.54) is 22.8 Å². The topological polar surface area (TPSA) is 133 Å². The van der Waals surface area contributed by atoms with Crippen LogP contribution in [-0.2, 0) is 26.2 Å². The number of likely N-dealkylation sites (tertiary alicyclic amines) is 1. The molecule has 34 heavy (non-hydrogen) atoms. The summed E-state index contributed by atoms with van der Waals surface area (Å²) in [7, 11) is -3.76. The summed E-state index contributed by atoms with van der Waals surface area (Å²) in [6.45, 7) is 4.78. The summed E-state index contributed by atoms with van der Waals surface area (Å²) in [6, 6.07) is 1.12. The number of sulfonamides is 1. The molecule has 5 rings (SSSR count). The molecule has 4 aliphatic rings. The zero-order valence-electron chi connectivity index (χ0n) is 18.9. The number of fused-ring (bicyclic) bond motifs is 1. The van der Waals surface area contributed by atoms with E-state index in [-0.39, 0.29) is 18.0 Å². The van der Waals surface area contributed by atoms with Crippen LogP contribution in [0.3, 0.4) is 0 Å². The summed E-state index contributed by atoms with van der Waals surface area (Å²) in [5.74, 6) is -0.190. The maximum absolute atomic E-state index is 13.4. The highest BCUT2D eigenvalue weighted by Crippen LogP contribution is 2.36. The van der Waals surface area contributed by atoms with E-state index in [1.807, 2.05) is 6.92 Å². The van der Waals surface area contributed by atoms with Crippen LogP contribution in [0.25, 0.3) is 0 Å². The number of allylic oxidation sites excluding steroid dienone is 1. The van der Waals surface area contributed by atoms with E-state index < -0.39 is 32.8 Å². The molecule has 11 nitrogen and oxygen atoms in total. The molecule has 180 valence electrons. The summed E-state index contributed by atoms with van der Waals surface area (Å²) in [5, 5.41) is 2.77. The Kier molecular flexibility index (Phi) is 5.32. The van der Waals surface area contributed by atoms with Crippen molar-refractivity contribution in [1.82, 2.24) is 19.7 Å². The van der Waals surface area contributed by atoms with Gasteiger partial charge in [-0.1, -0.05) is 11.2 Å². The average Bonchev–Trinajstić information content (AvgIpc) is 3.33. The highest BCUT2D eigenvalue weighted by molar-refractivity contribution is 7.90. The van der Waals surface area contributed by atoms with E-state index in [1.54, 1.807) is 17.9 Å².